The number of hydrogen-bond donors (Lipinski definition) is 0. The number of piperidine rings is 1. The summed E-state index contributed by atoms with van der Waals surface area (Å²) in [7, 11) is 2.00. The third-order valence-corrected chi connectivity index (χ3v) is 5.44. The van der Waals surface area contributed by atoms with Crippen LogP contribution in [0, 0.1) is 5.82 Å². The highest BCUT2D eigenvalue weighted by atomic mass is 19.1. The lowest BCUT2D eigenvalue weighted by molar-refractivity contribution is -0.139. The number of amides is 1. The van der Waals surface area contributed by atoms with Crippen molar-refractivity contribution >= 4 is 5.91 Å². The lowest BCUT2D eigenvalue weighted by atomic mass is 10.0. The number of likely N-dealkylation sites (tertiary alicyclic amines) is 1. The molecule has 2 heterocycles. The van der Waals surface area contributed by atoms with E-state index in [1.165, 1.54) is 12.1 Å². The largest absolute Gasteiger partial charge is 0.454 e. The van der Waals surface area contributed by atoms with Crippen molar-refractivity contribution in [3.05, 3.63) is 59.4 Å². The molecule has 0 radical (unpaired) electrons. The molecule has 5 nitrogen and oxygen atoms in total. The number of carbonyl (C=O) groups excluding carboxylic acids is 1. The van der Waals surface area contributed by atoms with Gasteiger partial charge in [0.1, 0.15) is 5.82 Å². The molecule has 1 atom stereocenters. The van der Waals surface area contributed by atoms with Crippen molar-refractivity contribution in [2.75, 3.05) is 20.4 Å². The monoisotopic (exact) mass is 384 g/mol. The maximum Gasteiger partial charge on any atom is 0.240 e. The smallest absolute Gasteiger partial charge is 0.240 e. The Bertz CT molecular complexity index is 857. The molecule has 0 unspecified atom stereocenters. The van der Waals surface area contributed by atoms with Crippen LogP contribution >= 0.6 is 0 Å². The SMILES string of the molecule is CN1CCCC[C@H]1C(=O)N(Cc1cccc(F)c1)Cc1ccc2c(c1)OCO2. The number of halogens is 1. The van der Waals surface area contributed by atoms with Crippen LogP contribution in [0.3, 0.4) is 0 Å². The average Bonchev–Trinajstić information content (AvgIpc) is 3.15. The van der Waals surface area contributed by atoms with Gasteiger partial charge >= 0.3 is 0 Å². The minimum Gasteiger partial charge on any atom is -0.454 e. The van der Waals surface area contributed by atoms with Crippen LogP contribution in [0.25, 0.3) is 0 Å². The lowest BCUT2D eigenvalue weighted by Crippen LogP contribution is -2.48. The average molecular weight is 384 g/mol. The van der Waals surface area contributed by atoms with Gasteiger partial charge in [-0.15, -0.1) is 0 Å². The number of benzene rings is 2. The molecule has 0 N–H and O–H groups in total. The normalized spacial score (nSPS) is 18.9. The van der Waals surface area contributed by atoms with E-state index in [0.29, 0.717) is 18.8 Å². The fourth-order valence-corrected chi connectivity index (χ4v) is 3.93. The first kappa shape index (κ1) is 18.7. The molecule has 2 aliphatic rings. The summed E-state index contributed by atoms with van der Waals surface area (Å²) in [6.45, 7) is 1.96. The van der Waals surface area contributed by atoms with Crippen LogP contribution in [0.4, 0.5) is 4.39 Å². The van der Waals surface area contributed by atoms with Gasteiger partial charge in [-0.05, 0) is 61.8 Å². The van der Waals surface area contributed by atoms with E-state index in [1.807, 2.05) is 36.2 Å². The van der Waals surface area contributed by atoms with Crippen LogP contribution in [0.15, 0.2) is 42.5 Å². The van der Waals surface area contributed by atoms with E-state index in [9.17, 15) is 9.18 Å². The fraction of sp³-hybridized carbons (Fsp3) is 0.409. The van der Waals surface area contributed by atoms with Crippen LogP contribution < -0.4 is 9.47 Å². The first-order valence-electron chi connectivity index (χ1n) is 9.72. The van der Waals surface area contributed by atoms with E-state index in [0.717, 1.165) is 42.7 Å². The van der Waals surface area contributed by atoms with Gasteiger partial charge in [0.25, 0.3) is 0 Å². The number of ether oxygens (including phenoxy) is 2. The number of nitrogens with zero attached hydrogens (tertiary/aromatic N) is 2. The Morgan fingerprint density at radius 3 is 2.68 bits per heavy atom. The second kappa shape index (κ2) is 8.19. The van der Waals surface area contributed by atoms with E-state index >= 15 is 0 Å². The van der Waals surface area contributed by atoms with E-state index in [-0.39, 0.29) is 24.6 Å². The first-order chi connectivity index (χ1) is 13.6. The number of likely N-dealkylation sites (N-methyl/N-ethyl adjacent to an activating group) is 1. The van der Waals surface area contributed by atoms with E-state index in [4.69, 9.17) is 9.47 Å². The number of hydrogen-bond acceptors (Lipinski definition) is 4. The summed E-state index contributed by atoms with van der Waals surface area (Å²) in [5.74, 6) is 1.22. The highest BCUT2D eigenvalue weighted by Crippen LogP contribution is 2.33. The van der Waals surface area contributed by atoms with Crippen LogP contribution in [-0.2, 0) is 17.9 Å². The highest BCUT2D eigenvalue weighted by Gasteiger charge is 2.30. The zero-order chi connectivity index (χ0) is 19.5. The molecule has 2 aromatic carbocycles. The Labute approximate surface area is 164 Å². The fourth-order valence-electron chi connectivity index (χ4n) is 3.93. The van der Waals surface area contributed by atoms with Gasteiger partial charge in [0.15, 0.2) is 11.5 Å². The van der Waals surface area contributed by atoms with Crippen LogP contribution in [0.5, 0.6) is 11.5 Å². The Balaban J connectivity index is 1.57. The van der Waals surface area contributed by atoms with Crippen molar-refractivity contribution in [2.45, 2.75) is 38.4 Å². The molecule has 0 aromatic heterocycles. The summed E-state index contributed by atoms with van der Waals surface area (Å²) in [6, 6.07) is 12.1. The Hall–Kier alpha value is -2.60. The molecule has 1 fully saturated rings. The summed E-state index contributed by atoms with van der Waals surface area (Å²) in [4.78, 5) is 17.3. The minimum absolute atomic E-state index is 0.0872. The zero-order valence-electron chi connectivity index (χ0n) is 16.1. The number of fused-ring (bicyclic) bond motifs is 1. The van der Waals surface area contributed by atoms with Crippen LogP contribution in [0.2, 0.25) is 0 Å². The maximum atomic E-state index is 13.7. The third-order valence-electron chi connectivity index (χ3n) is 5.44. The second-order valence-corrected chi connectivity index (χ2v) is 7.50. The molecule has 1 amide bonds. The van der Waals surface area contributed by atoms with Gasteiger partial charge in [-0.1, -0.05) is 24.6 Å². The van der Waals surface area contributed by atoms with Crippen molar-refractivity contribution in [3.8, 4) is 11.5 Å². The van der Waals surface area contributed by atoms with Crippen molar-refractivity contribution in [1.29, 1.82) is 0 Å². The number of rotatable bonds is 5. The van der Waals surface area contributed by atoms with Crippen molar-refractivity contribution in [1.82, 2.24) is 9.80 Å². The topological polar surface area (TPSA) is 42.0 Å². The minimum atomic E-state index is -0.289. The first-order valence-corrected chi connectivity index (χ1v) is 9.72. The highest BCUT2D eigenvalue weighted by molar-refractivity contribution is 5.82. The Morgan fingerprint density at radius 1 is 1.11 bits per heavy atom. The molecule has 0 saturated carbocycles. The molecular formula is C22H25FN2O3. The molecule has 0 bridgehead atoms. The van der Waals surface area contributed by atoms with Gasteiger partial charge in [-0.2, -0.15) is 0 Å². The van der Waals surface area contributed by atoms with E-state index < -0.39 is 0 Å². The second-order valence-electron chi connectivity index (χ2n) is 7.50. The summed E-state index contributed by atoms with van der Waals surface area (Å²) in [5.41, 5.74) is 1.75. The zero-order valence-corrected chi connectivity index (χ0v) is 16.1. The van der Waals surface area contributed by atoms with Gasteiger partial charge in [0, 0.05) is 13.1 Å². The summed E-state index contributed by atoms with van der Waals surface area (Å²) in [6.07, 6.45) is 3.03. The van der Waals surface area contributed by atoms with Crippen LogP contribution in [-0.4, -0.2) is 42.1 Å². The van der Waals surface area contributed by atoms with E-state index in [2.05, 4.69) is 4.90 Å². The molecule has 0 spiro atoms. The molecule has 6 heteroatoms. The standard InChI is InChI=1S/C22H25FN2O3/c1-24-10-3-2-7-19(24)22(26)25(13-16-5-4-6-18(23)11-16)14-17-8-9-20-21(12-17)28-15-27-20/h4-6,8-9,11-12,19H,2-3,7,10,13-15H2,1H3/t19-/m0/s1. The van der Waals surface area contributed by atoms with Gasteiger partial charge < -0.3 is 14.4 Å². The Kier molecular flexibility index (Phi) is 5.48. The van der Waals surface area contributed by atoms with Gasteiger partial charge in [0.05, 0.1) is 6.04 Å². The Morgan fingerprint density at radius 2 is 1.89 bits per heavy atom. The molecule has 1 saturated heterocycles. The predicted octanol–water partition coefficient (Wildman–Crippen LogP) is 3.57. The maximum absolute atomic E-state index is 13.7. The molecule has 148 valence electrons. The molecule has 2 aliphatic heterocycles. The molecule has 0 aliphatic carbocycles. The molecular weight excluding hydrogens is 359 g/mol. The predicted molar refractivity (Wildman–Crippen MR) is 103 cm³/mol. The molecule has 2 aromatic rings. The van der Waals surface area contributed by atoms with Crippen molar-refractivity contribution in [3.63, 3.8) is 0 Å². The van der Waals surface area contributed by atoms with Gasteiger partial charge in [-0.25, -0.2) is 4.39 Å². The molecule has 28 heavy (non-hydrogen) atoms. The van der Waals surface area contributed by atoms with E-state index in [1.54, 1.807) is 6.07 Å². The van der Waals surface area contributed by atoms with Crippen molar-refractivity contribution < 1.29 is 18.7 Å². The third kappa shape index (κ3) is 4.12. The van der Waals surface area contributed by atoms with Crippen molar-refractivity contribution in [2.24, 2.45) is 0 Å². The lowest BCUT2D eigenvalue weighted by Gasteiger charge is -2.35. The number of carbonyl (C=O) groups is 1. The molecule has 4 rings (SSSR count). The quantitative estimate of drug-likeness (QED) is 0.790. The summed E-state index contributed by atoms with van der Waals surface area (Å²) >= 11 is 0. The van der Waals surface area contributed by atoms with Crippen LogP contribution in [0.1, 0.15) is 30.4 Å². The summed E-state index contributed by atoms with van der Waals surface area (Å²) < 4.78 is 24.5. The van der Waals surface area contributed by atoms with Gasteiger partial charge in [-0.3, -0.25) is 9.69 Å². The summed E-state index contributed by atoms with van der Waals surface area (Å²) in [5, 5.41) is 0. The van der Waals surface area contributed by atoms with Gasteiger partial charge in [0.2, 0.25) is 12.7 Å².